The van der Waals surface area contributed by atoms with E-state index in [1.807, 2.05) is 6.92 Å². The second-order valence-corrected chi connectivity index (χ2v) is 3.32. The van der Waals surface area contributed by atoms with E-state index in [-0.39, 0.29) is 12.5 Å². The lowest BCUT2D eigenvalue weighted by Gasteiger charge is -2.20. The number of alkyl halides is 3. The van der Waals surface area contributed by atoms with Crippen LogP contribution >= 0.6 is 0 Å². The fourth-order valence-electron chi connectivity index (χ4n) is 1.02. The molecular formula is C9H17F3N2O2. The normalized spacial score (nSPS) is 13.6. The number of nitrogens with one attached hydrogen (secondary N) is 1. The first-order chi connectivity index (χ1) is 7.28. The summed E-state index contributed by atoms with van der Waals surface area (Å²) in [5.41, 5.74) is 0. The minimum Gasteiger partial charge on any atom is -0.345 e. The van der Waals surface area contributed by atoms with Gasteiger partial charge in [0.05, 0.1) is 12.6 Å². The Morgan fingerprint density at radius 3 is 2.50 bits per heavy atom. The Bertz CT molecular complexity index is 221. The van der Waals surface area contributed by atoms with Gasteiger partial charge in [-0.15, -0.1) is 13.2 Å². The zero-order valence-corrected chi connectivity index (χ0v) is 9.60. The number of nitrogens with zero attached hydrogens (tertiary/aromatic N) is 1. The lowest BCUT2D eigenvalue weighted by molar-refractivity contribution is -0.323. The van der Waals surface area contributed by atoms with Gasteiger partial charge in [0.1, 0.15) is 0 Å². The van der Waals surface area contributed by atoms with Crippen molar-refractivity contribution in [2.75, 3.05) is 26.7 Å². The van der Waals surface area contributed by atoms with Crippen LogP contribution in [0.5, 0.6) is 0 Å². The van der Waals surface area contributed by atoms with Crippen LogP contribution in [-0.2, 0) is 9.53 Å². The predicted octanol–water partition coefficient (Wildman–Crippen LogP) is 0.979. The van der Waals surface area contributed by atoms with Crippen molar-refractivity contribution in [1.29, 1.82) is 0 Å². The van der Waals surface area contributed by atoms with Gasteiger partial charge in [0.25, 0.3) is 0 Å². The van der Waals surface area contributed by atoms with Crippen LogP contribution in [0.25, 0.3) is 0 Å². The van der Waals surface area contributed by atoms with Crippen molar-refractivity contribution in [2.45, 2.75) is 26.3 Å². The highest BCUT2D eigenvalue weighted by Crippen LogP contribution is 2.15. The summed E-state index contributed by atoms with van der Waals surface area (Å²) in [6.07, 6.45) is -4.62. The molecule has 0 spiro atoms. The number of hydrogen-bond acceptors (Lipinski definition) is 3. The van der Waals surface area contributed by atoms with E-state index in [2.05, 4.69) is 10.1 Å². The van der Waals surface area contributed by atoms with E-state index >= 15 is 0 Å². The standard InChI is InChI=1S/C9H17F3N2O2/c1-4-14(3)8(15)7(2)13-5-6-16-9(10,11)12/h7,13H,4-6H2,1-3H3. The maximum atomic E-state index is 11.6. The topological polar surface area (TPSA) is 41.6 Å². The Morgan fingerprint density at radius 2 is 2.06 bits per heavy atom. The third kappa shape index (κ3) is 6.62. The number of halogens is 3. The van der Waals surface area contributed by atoms with Gasteiger partial charge < -0.3 is 10.2 Å². The largest absolute Gasteiger partial charge is 0.522 e. The summed E-state index contributed by atoms with van der Waals surface area (Å²) in [7, 11) is 1.63. The SMILES string of the molecule is CCN(C)C(=O)C(C)NCCOC(F)(F)F. The van der Waals surface area contributed by atoms with Gasteiger partial charge in [0.2, 0.25) is 5.91 Å². The van der Waals surface area contributed by atoms with Crippen LogP contribution < -0.4 is 5.32 Å². The number of rotatable bonds is 6. The third-order valence-corrected chi connectivity index (χ3v) is 2.04. The molecule has 0 saturated carbocycles. The second kappa shape index (κ2) is 6.70. The highest BCUT2D eigenvalue weighted by molar-refractivity contribution is 5.81. The van der Waals surface area contributed by atoms with Gasteiger partial charge in [-0.2, -0.15) is 0 Å². The first kappa shape index (κ1) is 15.2. The molecule has 0 aromatic rings. The minimum atomic E-state index is -4.62. The van der Waals surface area contributed by atoms with Crippen LogP contribution in [0.2, 0.25) is 0 Å². The second-order valence-electron chi connectivity index (χ2n) is 3.32. The van der Waals surface area contributed by atoms with Gasteiger partial charge >= 0.3 is 6.36 Å². The van der Waals surface area contributed by atoms with Crippen LogP contribution in [-0.4, -0.2) is 50.0 Å². The summed E-state index contributed by atoms with van der Waals surface area (Å²) in [5, 5.41) is 2.65. The smallest absolute Gasteiger partial charge is 0.345 e. The first-order valence-corrected chi connectivity index (χ1v) is 4.97. The molecule has 0 heterocycles. The fourth-order valence-corrected chi connectivity index (χ4v) is 1.02. The molecule has 1 atom stereocenters. The molecule has 0 aliphatic carbocycles. The van der Waals surface area contributed by atoms with Crippen molar-refractivity contribution in [1.82, 2.24) is 10.2 Å². The van der Waals surface area contributed by atoms with Gasteiger partial charge in [-0.25, -0.2) is 0 Å². The molecule has 0 aliphatic heterocycles. The Morgan fingerprint density at radius 1 is 1.50 bits per heavy atom. The Hall–Kier alpha value is -0.820. The van der Waals surface area contributed by atoms with Gasteiger partial charge in [-0.1, -0.05) is 0 Å². The molecule has 0 fully saturated rings. The molecule has 4 nitrogen and oxygen atoms in total. The Balaban J connectivity index is 3.73. The summed E-state index contributed by atoms with van der Waals surface area (Å²) < 4.78 is 38.3. The van der Waals surface area contributed by atoms with Crippen LogP contribution in [0.1, 0.15) is 13.8 Å². The van der Waals surface area contributed by atoms with Crippen LogP contribution in [0.15, 0.2) is 0 Å². The van der Waals surface area contributed by atoms with Crippen molar-refractivity contribution < 1.29 is 22.7 Å². The van der Waals surface area contributed by atoms with Crippen molar-refractivity contribution in [3.8, 4) is 0 Å². The molecule has 0 saturated heterocycles. The van der Waals surface area contributed by atoms with E-state index in [1.54, 1.807) is 14.0 Å². The molecule has 0 aliphatic rings. The molecule has 1 unspecified atom stereocenters. The number of likely N-dealkylation sites (N-methyl/N-ethyl adjacent to an activating group) is 1. The molecular weight excluding hydrogens is 225 g/mol. The summed E-state index contributed by atoms with van der Waals surface area (Å²) in [6, 6.07) is -0.512. The highest BCUT2D eigenvalue weighted by Gasteiger charge is 2.28. The van der Waals surface area contributed by atoms with Crippen molar-refractivity contribution >= 4 is 5.91 Å². The quantitative estimate of drug-likeness (QED) is 0.706. The first-order valence-electron chi connectivity index (χ1n) is 4.97. The van der Waals surface area contributed by atoms with Crippen LogP contribution in [0, 0.1) is 0 Å². The molecule has 16 heavy (non-hydrogen) atoms. The average molecular weight is 242 g/mol. The molecule has 1 N–H and O–H groups in total. The maximum Gasteiger partial charge on any atom is 0.522 e. The highest BCUT2D eigenvalue weighted by atomic mass is 19.4. The molecule has 7 heteroatoms. The van der Waals surface area contributed by atoms with Gasteiger partial charge in [-0.3, -0.25) is 9.53 Å². The van der Waals surface area contributed by atoms with E-state index in [0.29, 0.717) is 6.54 Å². The molecule has 0 bridgehead atoms. The van der Waals surface area contributed by atoms with Crippen LogP contribution in [0.3, 0.4) is 0 Å². The van der Waals surface area contributed by atoms with Gasteiger partial charge in [-0.05, 0) is 13.8 Å². The van der Waals surface area contributed by atoms with Crippen molar-refractivity contribution in [3.05, 3.63) is 0 Å². The van der Waals surface area contributed by atoms with E-state index in [0.717, 1.165) is 0 Å². The zero-order chi connectivity index (χ0) is 12.8. The molecule has 1 amide bonds. The monoisotopic (exact) mass is 242 g/mol. The number of carbonyl (C=O) groups excluding carboxylic acids is 1. The van der Waals surface area contributed by atoms with E-state index < -0.39 is 19.0 Å². The van der Waals surface area contributed by atoms with Gasteiger partial charge in [0, 0.05) is 20.1 Å². The maximum absolute atomic E-state index is 11.6. The number of hydrogen-bond donors (Lipinski definition) is 1. The summed E-state index contributed by atoms with van der Waals surface area (Å²) in [5.74, 6) is -0.158. The minimum absolute atomic E-state index is 0.0238. The summed E-state index contributed by atoms with van der Waals surface area (Å²) in [4.78, 5) is 13.0. The number of amides is 1. The zero-order valence-electron chi connectivity index (χ0n) is 9.60. The Labute approximate surface area is 92.7 Å². The lowest BCUT2D eigenvalue weighted by atomic mass is 10.3. The average Bonchev–Trinajstić information content (AvgIpc) is 2.20. The summed E-state index contributed by atoms with van der Waals surface area (Å²) >= 11 is 0. The van der Waals surface area contributed by atoms with E-state index in [9.17, 15) is 18.0 Å². The molecule has 0 aromatic heterocycles. The number of ether oxygens (including phenoxy) is 1. The molecule has 0 aromatic carbocycles. The van der Waals surface area contributed by atoms with Gasteiger partial charge in [0.15, 0.2) is 0 Å². The molecule has 0 rings (SSSR count). The van der Waals surface area contributed by atoms with E-state index in [4.69, 9.17) is 0 Å². The Kier molecular flexibility index (Phi) is 6.35. The van der Waals surface area contributed by atoms with Crippen LogP contribution in [0.4, 0.5) is 13.2 Å². The number of carbonyl (C=O) groups is 1. The third-order valence-electron chi connectivity index (χ3n) is 2.04. The predicted molar refractivity (Wildman–Crippen MR) is 52.8 cm³/mol. The van der Waals surface area contributed by atoms with E-state index in [1.165, 1.54) is 4.90 Å². The van der Waals surface area contributed by atoms with Crippen molar-refractivity contribution in [2.24, 2.45) is 0 Å². The summed E-state index contributed by atoms with van der Waals surface area (Å²) in [6.45, 7) is 3.45. The van der Waals surface area contributed by atoms with Crippen molar-refractivity contribution in [3.63, 3.8) is 0 Å². The molecule has 96 valence electrons. The lowest BCUT2D eigenvalue weighted by Crippen LogP contribution is -2.44. The fraction of sp³-hybridized carbons (Fsp3) is 0.889. The molecule has 0 radical (unpaired) electrons.